The van der Waals surface area contributed by atoms with E-state index in [4.69, 9.17) is 0 Å². The molecule has 0 bridgehead atoms. The van der Waals surface area contributed by atoms with Gasteiger partial charge in [0.2, 0.25) is 0 Å². The van der Waals surface area contributed by atoms with Gasteiger partial charge in [-0.1, -0.05) is 12.1 Å². The van der Waals surface area contributed by atoms with Gasteiger partial charge in [-0.05, 0) is 42.5 Å². The molecular formula is C16H20N2OS. The van der Waals surface area contributed by atoms with Crippen molar-refractivity contribution in [3.63, 3.8) is 0 Å². The Labute approximate surface area is 124 Å². The standard InChI is InChI=1S/C16H20N2OS/c1-12-6-7-14(15(11-12)17-2)16(19)18(3)9-8-13-5-4-10-20-13/h4-7,10-11,17H,8-9H2,1-3H3. The van der Waals surface area contributed by atoms with E-state index in [2.05, 4.69) is 16.8 Å². The molecule has 0 aliphatic heterocycles. The number of likely N-dealkylation sites (N-methyl/N-ethyl adjacent to an activating group) is 1. The van der Waals surface area contributed by atoms with Gasteiger partial charge in [0, 0.05) is 31.2 Å². The first-order valence-corrected chi connectivity index (χ1v) is 7.56. The molecule has 1 aromatic carbocycles. The SMILES string of the molecule is CNc1cc(C)ccc1C(=O)N(C)CCc1cccs1. The lowest BCUT2D eigenvalue weighted by Gasteiger charge is -2.19. The van der Waals surface area contributed by atoms with E-state index >= 15 is 0 Å². The van der Waals surface area contributed by atoms with Crippen LogP contribution >= 0.6 is 11.3 Å². The van der Waals surface area contributed by atoms with Gasteiger partial charge in [0.25, 0.3) is 5.91 Å². The van der Waals surface area contributed by atoms with Crippen molar-refractivity contribution in [3.05, 3.63) is 51.7 Å². The molecule has 1 heterocycles. The number of amides is 1. The zero-order valence-corrected chi connectivity index (χ0v) is 13.0. The predicted octanol–water partition coefficient (Wildman–Crippen LogP) is 3.41. The second kappa shape index (κ2) is 6.57. The van der Waals surface area contributed by atoms with Crippen molar-refractivity contribution >= 4 is 22.9 Å². The van der Waals surface area contributed by atoms with Crippen molar-refractivity contribution in [1.82, 2.24) is 4.90 Å². The number of hydrogen-bond donors (Lipinski definition) is 1. The third-order valence-electron chi connectivity index (χ3n) is 3.30. The molecule has 1 aromatic heterocycles. The summed E-state index contributed by atoms with van der Waals surface area (Å²) in [5.41, 5.74) is 2.76. The molecule has 2 aromatic rings. The molecule has 0 unspecified atom stereocenters. The third-order valence-corrected chi connectivity index (χ3v) is 4.23. The minimum Gasteiger partial charge on any atom is -0.387 e. The Morgan fingerprint density at radius 3 is 2.80 bits per heavy atom. The highest BCUT2D eigenvalue weighted by Gasteiger charge is 2.15. The van der Waals surface area contributed by atoms with Crippen LogP contribution in [0.1, 0.15) is 20.8 Å². The van der Waals surface area contributed by atoms with Gasteiger partial charge in [-0.25, -0.2) is 0 Å². The van der Waals surface area contributed by atoms with Gasteiger partial charge in [0.05, 0.1) is 5.56 Å². The highest BCUT2D eigenvalue weighted by atomic mass is 32.1. The minimum atomic E-state index is 0.0610. The molecule has 1 amide bonds. The van der Waals surface area contributed by atoms with E-state index < -0.39 is 0 Å². The van der Waals surface area contributed by atoms with Crippen LogP contribution in [0.4, 0.5) is 5.69 Å². The number of nitrogens with one attached hydrogen (secondary N) is 1. The fourth-order valence-corrected chi connectivity index (χ4v) is 2.79. The lowest BCUT2D eigenvalue weighted by atomic mass is 10.1. The number of benzene rings is 1. The Hall–Kier alpha value is -1.81. The van der Waals surface area contributed by atoms with Crippen LogP contribution in [0, 0.1) is 6.92 Å². The van der Waals surface area contributed by atoms with Crippen molar-refractivity contribution < 1.29 is 4.79 Å². The molecular weight excluding hydrogens is 268 g/mol. The maximum absolute atomic E-state index is 12.5. The topological polar surface area (TPSA) is 32.3 Å². The summed E-state index contributed by atoms with van der Waals surface area (Å²) in [5.74, 6) is 0.0610. The van der Waals surface area contributed by atoms with E-state index in [-0.39, 0.29) is 5.91 Å². The Bertz CT molecular complexity index is 578. The van der Waals surface area contributed by atoms with Gasteiger partial charge in [0.15, 0.2) is 0 Å². The predicted molar refractivity (Wildman–Crippen MR) is 85.7 cm³/mol. The summed E-state index contributed by atoms with van der Waals surface area (Å²) >= 11 is 1.73. The number of hydrogen-bond acceptors (Lipinski definition) is 3. The molecule has 0 atom stereocenters. The number of carbonyl (C=O) groups is 1. The molecule has 1 N–H and O–H groups in total. The maximum Gasteiger partial charge on any atom is 0.255 e. The molecule has 20 heavy (non-hydrogen) atoms. The molecule has 4 heteroatoms. The molecule has 0 radical (unpaired) electrons. The van der Waals surface area contributed by atoms with Crippen molar-refractivity contribution in [2.24, 2.45) is 0 Å². The summed E-state index contributed by atoms with van der Waals surface area (Å²) in [5, 5.41) is 5.16. The average molecular weight is 288 g/mol. The first kappa shape index (κ1) is 14.6. The maximum atomic E-state index is 12.5. The van der Waals surface area contributed by atoms with Crippen molar-refractivity contribution in [1.29, 1.82) is 0 Å². The molecule has 0 saturated carbocycles. The minimum absolute atomic E-state index is 0.0610. The van der Waals surface area contributed by atoms with Gasteiger partial charge in [-0.2, -0.15) is 0 Å². The van der Waals surface area contributed by atoms with Crippen LogP contribution < -0.4 is 5.32 Å². The quantitative estimate of drug-likeness (QED) is 0.914. The summed E-state index contributed by atoms with van der Waals surface area (Å²) in [6.45, 7) is 2.76. The molecule has 106 valence electrons. The smallest absolute Gasteiger partial charge is 0.255 e. The number of rotatable bonds is 5. The summed E-state index contributed by atoms with van der Waals surface area (Å²) < 4.78 is 0. The van der Waals surface area contributed by atoms with Crippen molar-refractivity contribution in [2.45, 2.75) is 13.3 Å². The lowest BCUT2D eigenvalue weighted by Crippen LogP contribution is -2.29. The molecule has 0 fully saturated rings. The Morgan fingerprint density at radius 1 is 1.35 bits per heavy atom. The first-order chi connectivity index (χ1) is 9.61. The number of thiophene rings is 1. The number of anilines is 1. The second-order valence-corrected chi connectivity index (χ2v) is 5.89. The van der Waals surface area contributed by atoms with E-state index in [0.717, 1.165) is 29.8 Å². The van der Waals surface area contributed by atoms with Gasteiger partial charge in [-0.3, -0.25) is 4.79 Å². The molecule has 2 rings (SSSR count). The van der Waals surface area contributed by atoms with E-state index in [1.165, 1.54) is 4.88 Å². The summed E-state index contributed by atoms with van der Waals surface area (Å²) in [7, 11) is 3.70. The van der Waals surface area contributed by atoms with E-state index in [0.29, 0.717) is 0 Å². The molecule has 0 saturated heterocycles. The fourth-order valence-electron chi connectivity index (χ4n) is 2.09. The Balaban J connectivity index is 2.06. The van der Waals surface area contributed by atoms with Crippen LogP contribution in [-0.4, -0.2) is 31.4 Å². The van der Waals surface area contributed by atoms with Crippen LogP contribution in [0.3, 0.4) is 0 Å². The average Bonchev–Trinajstić information content (AvgIpc) is 2.97. The fraction of sp³-hybridized carbons (Fsp3) is 0.312. The summed E-state index contributed by atoms with van der Waals surface area (Å²) in [6, 6.07) is 10.0. The molecule has 0 aliphatic carbocycles. The van der Waals surface area contributed by atoms with Gasteiger partial charge in [-0.15, -0.1) is 11.3 Å². The van der Waals surface area contributed by atoms with E-state index in [1.54, 1.807) is 16.2 Å². The van der Waals surface area contributed by atoms with Crippen LogP contribution in [-0.2, 0) is 6.42 Å². The Morgan fingerprint density at radius 2 is 2.15 bits per heavy atom. The van der Waals surface area contributed by atoms with Crippen molar-refractivity contribution in [3.8, 4) is 0 Å². The van der Waals surface area contributed by atoms with Crippen molar-refractivity contribution in [2.75, 3.05) is 26.0 Å². The van der Waals surface area contributed by atoms with Crippen LogP contribution in [0.5, 0.6) is 0 Å². The molecule has 0 spiro atoms. The monoisotopic (exact) mass is 288 g/mol. The van der Waals surface area contributed by atoms with Gasteiger partial charge in [0.1, 0.15) is 0 Å². The normalized spacial score (nSPS) is 10.3. The van der Waals surface area contributed by atoms with E-state index in [1.807, 2.05) is 45.3 Å². The van der Waals surface area contributed by atoms with E-state index in [9.17, 15) is 4.79 Å². The van der Waals surface area contributed by atoms with Crippen LogP contribution in [0.25, 0.3) is 0 Å². The zero-order valence-electron chi connectivity index (χ0n) is 12.1. The van der Waals surface area contributed by atoms with Gasteiger partial charge >= 0.3 is 0 Å². The van der Waals surface area contributed by atoms with Gasteiger partial charge < -0.3 is 10.2 Å². The molecule has 3 nitrogen and oxygen atoms in total. The largest absolute Gasteiger partial charge is 0.387 e. The second-order valence-electron chi connectivity index (χ2n) is 4.86. The Kier molecular flexibility index (Phi) is 4.79. The number of carbonyl (C=O) groups excluding carboxylic acids is 1. The summed E-state index contributed by atoms with van der Waals surface area (Å²) in [4.78, 5) is 15.6. The first-order valence-electron chi connectivity index (χ1n) is 6.68. The van der Waals surface area contributed by atoms with Crippen LogP contribution in [0.2, 0.25) is 0 Å². The zero-order chi connectivity index (χ0) is 14.5. The lowest BCUT2D eigenvalue weighted by molar-refractivity contribution is 0.0798. The summed E-state index contributed by atoms with van der Waals surface area (Å²) in [6.07, 6.45) is 0.903. The highest BCUT2D eigenvalue weighted by Crippen LogP contribution is 2.19. The number of aryl methyl sites for hydroxylation is 1. The highest BCUT2D eigenvalue weighted by molar-refractivity contribution is 7.09. The number of nitrogens with zero attached hydrogens (tertiary/aromatic N) is 1. The molecule has 0 aliphatic rings. The van der Waals surface area contributed by atoms with Crippen LogP contribution in [0.15, 0.2) is 35.7 Å². The third kappa shape index (κ3) is 3.39.